The van der Waals surface area contributed by atoms with Crippen LogP contribution in [-0.4, -0.2) is 20.7 Å². The Kier molecular flexibility index (Phi) is 5.34. The first-order chi connectivity index (χ1) is 14.0. The van der Waals surface area contributed by atoms with Gasteiger partial charge in [0.2, 0.25) is 0 Å². The van der Waals surface area contributed by atoms with Crippen molar-refractivity contribution in [1.82, 2.24) is 14.8 Å². The van der Waals surface area contributed by atoms with E-state index in [-0.39, 0.29) is 15.6 Å². The maximum Gasteiger partial charge on any atom is 0.259 e. The molecule has 0 saturated heterocycles. The van der Waals surface area contributed by atoms with E-state index in [1.807, 2.05) is 49.5 Å². The first kappa shape index (κ1) is 19.2. The number of anilines is 1. The van der Waals surface area contributed by atoms with Gasteiger partial charge in [0.15, 0.2) is 0 Å². The number of nitrogens with one attached hydrogen (secondary N) is 1. The molecule has 0 aliphatic rings. The highest BCUT2D eigenvalue weighted by Gasteiger charge is 2.15. The Hall–Kier alpha value is -3.15. The fourth-order valence-corrected chi connectivity index (χ4v) is 3.57. The van der Waals surface area contributed by atoms with Gasteiger partial charge in [-0.05, 0) is 30.3 Å². The van der Waals surface area contributed by atoms with Crippen LogP contribution in [0.2, 0.25) is 10.0 Å². The highest BCUT2D eigenvalue weighted by atomic mass is 35.5. The summed E-state index contributed by atoms with van der Waals surface area (Å²) in [5.74, 6) is -0.00654. The van der Waals surface area contributed by atoms with Gasteiger partial charge in [0.25, 0.3) is 5.91 Å². The molecule has 1 N–H and O–H groups in total. The molecule has 29 heavy (non-hydrogen) atoms. The number of carbonyl (C=O) groups excluding carboxylic acids is 1. The number of pyridine rings is 1. The van der Waals surface area contributed by atoms with E-state index in [9.17, 15) is 4.79 Å². The molecule has 4 aromatic rings. The molecule has 2 aromatic heterocycles. The van der Waals surface area contributed by atoms with Gasteiger partial charge >= 0.3 is 0 Å². The van der Waals surface area contributed by atoms with E-state index in [1.54, 1.807) is 35.1 Å². The Labute approximate surface area is 177 Å². The van der Waals surface area contributed by atoms with E-state index in [2.05, 4.69) is 15.4 Å². The number of halogens is 2. The monoisotopic (exact) mass is 422 g/mol. The molecule has 2 aromatic carbocycles. The van der Waals surface area contributed by atoms with Crippen LogP contribution in [0.3, 0.4) is 0 Å². The number of carbonyl (C=O) groups is 1. The van der Waals surface area contributed by atoms with Crippen LogP contribution in [0.15, 0.2) is 72.9 Å². The first-order valence-corrected chi connectivity index (χ1v) is 9.60. The predicted molar refractivity (Wildman–Crippen MR) is 116 cm³/mol. The van der Waals surface area contributed by atoms with E-state index in [0.29, 0.717) is 5.82 Å². The molecular weight excluding hydrogens is 407 g/mol. The average Bonchev–Trinajstić information content (AvgIpc) is 3.11. The van der Waals surface area contributed by atoms with Crippen LogP contribution >= 0.6 is 23.2 Å². The summed E-state index contributed by atoms with van der Waals surface area (Å²) in [6, 6.07) is 20.5. The van der Waals surface area contributed by atoms with Gasteiger partial charge in [-0.1, -0.05) is 59.6 Å². The third kappa shape index (κ3) is 4.01. The Morgan fingerprint density at radius 1 is 0.931 bits per heavy atom. The third-order valence-electron chi connectivity index (χ3n) is 4.44. The van der Waals surface area contributed by atoms with Gasteiger partial charge in [-0.15, -0.1) is 0 Å². The summed E-state index contributed by atoms with van der Waals surface area (Å²) in [4.78, 5) is 16.8. The number of aromatic nitrogens is 3. The van der Waals surface area contributed by atoms with Crippen molar-refractivity contribution in [3.8, 4) is 22.5 Å². The minimum absolute atomic E-state index is 0.223. The van der Waals surface area contributed by atoms with Gasteiger partial charge in [-0.2, -0.15) is 5.10 Å². The van der Waals surface area contributed by atoms with Crippen LogP contribution in [0, 0.1) is 0 Å². The molecule has 4 rings (SSSR count). The minimum atomic E-state index is -0.409. The summed E-state index contributed by atoms with van der Waals surface area (Å²) in [7, 11) is 1.89. The van der Waals surface area contributed by atoms with E-state index >= 15 is 0 Å². The second kappa shape index (κ2) is 8.07. The molecule has 0 unspecified atom stereocenters. The van der Waals surface area contributed by atoms with Crippen molar-refractivity contribution in [2.24, 2.45) is 7.05 Å². The highest BCUT2D eigenvalue weighted by molar-refractivity contribution is 6.40. The SMILES string of the molecule is Cn1nc(-c2ccccc2)cc1-c1ccc(NC(=O)c2c(Cl)cccc2Cl)nc1. The highest BCUT2D eigenvalue weighted by Crippen LogP contribution is 2.27. The number of amides is 1. The van der Waals surface area contributed by atoms with Crippen molar-refractivity contribution in [3.05, 3.63) is 88.5 Å². The lowest BCUT2D eigenvalue weighted by molar-refractivity contribution is 0.102. The Morgan fingerprint density at radius 3 is 2.31 bits per heavy atom. The molecule has 0 bridgehead atoms. The molecular formula is C22H16Cl2N4O. The van der Waals surface area contributed by atoms with Gasteiger partial charge in [0, 0.05) is 24.4 Å². The zero-order valence-electron chi connectivity index (χ0n) is 15.4. The van der Waals surface area contributed by atoms with Gasteiger partial charge in [-0.25, -0.2) is 4.98 Å². The van der Waals surface area contributed by atoms with E-state index < -0.39 is 5.91 Å². The number of rotatable bonds is 4. The number of nitrogens with zero attached hydrogens (tertiary/aromatic N) is 3. The Balaban J connectivity index is 1.56. The molecule has 1 amide bonds. The lowest BCUT2D eigenvalue weighted by atomic mass is 10.1. The maximum atomic E-state index is 12.5. The molecule has 0 atom stereocenters. The molecule has 0 fully saturated rings. The fourth-order valence-electron chi connectivity index (χ4n) is 3.00. The molecule has 2 heterocycles. The van der Waals surface area contributed by atoms with E-state index in [0.717, 1.165) is 22.5 Å². The van der Waals surface area contributed by atoms with Crippen LogP contribution in [-0.2, 0) is 7.05 Å². The second-order valence-corrected chi connectivity index (χ2v) is 7.20. The number of benzene rings is 2. The average molecular weight is 423 g/mol. The predicted octanol–water partition coefficient (Wildman–Crippen LogP) is 5.71. The molecule has 0 saturated carbocycles. The number of hydrogen-bond donors (Lipinski definition) is 1. The summed E-state index contributed by atoms with van der Waals surface area (Å²) >= 11 is 12.2. The van der Waals surface area contributed by atoms with Crippen LogP contribution in [0.1, 0.15) is 10.4 Å². The summed E-state index contributed by atoms with van der Waals surface area (Å²) < 4.78 is 1.81. The molecule has 0 aliphatic heterocycles. The summed E-state index contributed by atoms with van der Waals surface area (Å²) in [5, 5.41) is 7.87. The maximum absolute atomic E-state index is 12.5. The van der Waals surface area contributed by atoms with Crippen LogP contribution in [0.25, 0.3) is 22.5 Å². The lowest BCUT2D eigenvalue weighted by Crippen LogP contribution is -2.14. The molecule has 0 spiro atoms. The lowest BCUT2D eigenvalue weighted by Gasteiger charge is -2.08. The summed E-state index contributed by atoms with van der Waals surface area (Å²) in [6.07, 6.45) is 1.69. The normalized spacial score (nSPS) is 10.7. The number of hydrogen-bond acceptors (Lipinski definition) is 3. The van der Waals surface area contributed by atoms with Crippen molar-refractivity contribution in [2.45, 2.75) is 0 Å². The van der Waals surface area contributed by atoms with E-state index in [1.165, 1.54) is 0 Å². The van der Waals surface area contributed by atoms with Crippen molar-refractivity contribution >= 4 is 34.9 Å². The molecule has 7 heteroatoms. The quantitative estimate of drug-likeness (QED) is 0.458. The van der Waals surface area contributed by atoms with Gasteiger partial charge in [-0.3, -0.25) is 9.48 Å². The third-order valence-corrected chi connectivity index (χ3v) is 5.07. The fraction of sp³-hybridized carbons (Fsp3) is 0.0455. The number of aryl methyl sites for hydroxylation is 1. The van der Waals surface area contributed by atoms with Crippen LogP contribution < -0.4 is 5.32 Å². The van der Waals surface area contributed by atoms with Crippen LogP contribution in [0.4, 0.5) is 5.82 Å². The Morgan fingerprint density at radius 2 is 1.66 bits per heavy atom. The van der Waals surface area contributed by atoms with Crippen molar-refractivity contribution in [3.63, 3.8) is 0 Å². The molecule has 0 radical (unpaired) electrons. The largest absolute Gasteiger partial charge is 0.306 e. The van der Waals surface area contributed by atoms with E-state index in [4.69, 9.17) is 23.2 Å². The van der Waals surface area contributed by atoms with Crippen LogP contribution in [0.5, 0.6) is 0 Å². The standard InChI is InChI=1S/C22H16Cl2N4O/c1-28-19(12-18(27-28)14-6-3-2-4-7-14)15-10-11-20(25-13-15)26-22(29)21-16(23)8-5-9-17(21)24/h2-13H,1H3,(H,25,26,29). The van der Waals surface area contributed by atoms with Gasteiger partial charge in [0.1, 0.15) is 5.82 Å². The van der Waals surface area contributed by atoms with Gasteiger partial charge in [0.05, 0.1) is 27.0 Å². The molecule has 144 valence electrons. The van der Waals surface area contributed by atoms with Crippen molar-refractivity contribution in [1.29, 1.82) is 0 Å². The minimum Gasteiger partial charge on any atom is -0.306 e. The Bertz CT molecular complexity index is 1150. The topological polar surface area (TPSA) is 59.8 Å². The first-order valence-electron chi connectivity index (χ1n) is 8.84. The summed E-state index contributed by atoms with van der Waals surface area (Å²) in [6.45, 7) is 0. The zero-order valence-corrected chi connectivity index (χ0v) is 16.9. The summed E-state index contributed by atoms with van der Waals surface area (Å²) in [5.41, 5.74) is 3.96. The zero-order chi connectivity index (χ0) is 20.4. The molecule has 0 aliphatic carbocycles. The van der Waals surface area contributed by atoms with Crippen molar-refractivity contribution < 1.29 is 4.79 Å². The molecule has 5 nitrogen and oxygen atoms in total. The van der Waals surface area contributed by atoms with Crippen molar-refractivity contribution in [2.75, 3.05) is 5.32 Å². The van der Waals surface area contributed by atoms with Gasteiger partial charge < -0.3 is 5.32 Å². The second-order valence-electron chi connectivity index (χ2n) is 6.39. The smallest absolute Gasteiger partial charge is 0.259 e.